The largest absolute Gasteiger partial charge is 0.496 e. The summed E-state index contributed by atoms with van der Waals surface area (Å²) >= 11 is 0. The van der Waals surface area contributed by atoms with Crippen molar-refractivity contribution in [2.75, 3.05) is 30.4 Å². The molecular formula is C23H23F2N5O2. The average Bonchev–Trinajstić information content (AvgIpc) is 3.27. The molecule has 1 aliphatic heterocycles. The number of rotatable bonds is 6. The minimum Gasteiger partial charge on any atom is -0.496 e. The van der Waals surface area contributed by atoms with Gasteiger partial charge in [-0.2, -0.15) is 0 Å². The molecule has 1 fully saturated rings. The summed E-state index contributed by atoms with van der Waals surface area (Å²) in [6.07, 6.45) is 3.26. The average molecular weight is 439 g/mol. The van der Waals surface area contributed by atoms with Crippen molar-refractivity contribution in [2.24, 2.45) is 5.73 Å². The van der Waals surface area contributed by atoms with Gasteiger partial charge in [-0.15, -0.1) is 0 Å². The Hall–Kier alpha value is -3.59. The van der Waals surface area contributed by atoms with Gasteiger partial charge >= 0.3 is 0 Å². The monoisotopic (exact) mass is 439 g/mol. The smallest absolute Gasteiger partial charge is 0.274 e. The molecule has 0 aliphatic carbocycles. The molecule has 32 heavy (non-hydrogen) atoms. The number of carbonyl (C=O) groups is 1. The van der Waals surface area contributed by atoms with Crippen LogP contribution in [0.3, 0.4) is 0 Å². The molecule has 1 amide bonds. The molecule has 2 aromatic carbocycles. The van der Waals surface area contributed by atoms with Crippen molar-refractivity contribution >= 4 is 17.3 Å². The summed E-state index contributed by atoms with van der Waals surface area (Å²) in [5, 5.41) is 2.73. The fourth-order valence-corrected chi connectivity index (χ4v) is 3.94. The van der Waals surface area contributed by atoms with E-state index in [0.29, 0.717) is 17.9 Å². The number of methoxy groups -OCH3 is 1. The number of hydrogen-bond donors (Lipinski definition) is 2. The zero-order valence-corrected chi connectivity index (χ0v) is 17.5. The van der Waals surface area contributed by atoms with Gasteiger partial charge in [-0.05, 0) is 49.2 Å². The highest BCUT2D eigenvalue weighted by molar-refractivity contribution is 6.05. The molecule has 1 aliphatic rings. The highest BCUT2D eigenvalue weighted by Gasteiger charge is 2.26. The second kappa shape index (κ2) is 9.27. The van der Waals surface area contributed by atoms with Crippen molar-refractivity contribution in [3.05, 3.63) is 66.0 Å². The summed E-state index contributed by atoms with van der Waals surface area (Å²) in [5.41, 5.74) is 6.95. The summed E-state index contributed by atoms with van der Waals surface area (Å²) in [6.45, 7) is 1.23. The SMILES string of the molecule is COc1cccc(F)c1-c1nccc(C(=O)Nc2cc(F)ccc2N2CCCC2CN)n1. The fraction of sp³-hybridized carbons (Fsp3) is 0.261. The maximum Gasteiger partial charge on any atom is 0.274 e. The standard InChI is InChI=1S/C23H23F2N5O2/c1-32-20-6-2-5-16(25)21(20)22-27-10-9-17(28-22)23(31)29-18-12-14(24)7-8-19(18)30-11-3-4-15(30)13-26/h2,5-10,12,15H,3-4,11,13,26H2,1H3,(H,29,31). The van der Waals surface area contributed by atoms with Crippen LogP contribution in [0.15, 0.2) is 48.7 Å². The second-order valence-corrected chi connectivity index (χ2v) is 7.42. The first-order valence-electron chi connectivity index (χ1n) is 10.3. The maximum atomic E-state index is 14.4. The molecule has 9 heteroatoms. The topological polar surface area (TPSA) is 93.4 Å². The third kappa shape index (κ3) is 4.24. The molecule has 2 heterocycles. The van der Waals surface area contributed by atoms with Crippen LogP contribution in [0, 0.1) is 11.6 Å². The summed E-state index contributed by atoms with van der Waals surface area (Å²) in [7, 11) is 1.41. The maximum absolute atomic E-state index is 14.4. The van der Waals surface area contributed by atoms with E-state index in [4.69, 9.17) is 10.5 Å². The van der Waals surface area contributed by atoms with Gasteiger partial charge in [-0.25, -0.2) is 18.7 Å². The van der Waals surface area contributed by atoms with Crippen LogP contribution in [0.4, 0.5) is 20.2 Å². The molecule has 7 nitrogen and oxygen atoms in total. The van der Waals surface area contributed by atoms with Gasteiger partial charge in [0.15, 0.2) is 5.82 Å². The normalized spacial score (nSPS) is 15.6. The van der Waals surface area contributed by atoms with Gasteiger partial charge in [-0.1, -0.05) is 6.07 Å². The van der Waals surface area contributed by atoms with Crippen LogP contribution in [0.1, 0.15) is 23.3 Å². The van der Waals surface area contributed by atoms with E-state index in [2.05, 4.69) is 20.2 Å². The number of anilines is 2. The van der Waals surface area contributed by atoms with Crippen LogP contribution in [-0.2, 0) is 0 Å². The molecule has 0 radical (unpaired) electrons. The zero-order chi connectivity index (χ0) is 22.7. The van der Waals surface area contributed by atoms with Gasteiger partial charge in [0.1, 0.15) is 23.1 Å². The van der Waals surface area contributed by atoms with E-state index >= 15 is 0 Å². The summed E-state index contributed by atoms with van der Waals surface area (Å²) in [5.74, 6) is -1.37. The molecule has 0 saturated carbocycles. The van der Waals surface area contributed by atoms with Crippen molar-refractivity contribution in [2.45, 2.75) is 18.9 Å². The Balaban J connectivity index is 1.65. The Bertz CT molecular complexity index is 1140. The first-order valence-corrected chi connectivity index (χ1v) is 10.3. The Morgan fingerprint density at radius 2 is 2.12 bits per heavy atom. The molecule has 3 N–H and O–H groups in total. The Kier molecular flexibility index (Phi) is 6.27. The predicted molar refractivity (Wildman–Crippen MR) is 118 cm³/mol. The first-order chi connectivity index (χ1) is 15.5. The van der Waals surface area contributed by atoms with Crippen molar-refractivity contribution in [3.8, 4) is 17.1 Å². The molecule has 1 saturated heterocycles. The zero-order valence-electron chi connectivity index (χ0n) is 17.5. The van der Waals surface area contributed by atoms with Crippen molar-refractivity contribution in [1.82, 2.24) is 9.97 Å². The number of nitrogens with zero attached hydrogens (tertiary/aromatic N) is 3. The van der Waals surface area contributed by atoms with Crippen LogP contribution in [0.5, 0.6) is 5.75 Å². The molecule has 1 atom stereocenters. The van der Waals surface area contributed by atoms with E-state index in [-0.39, 0.29) is 28.9 Å². The van der Waals surface area contributed by atoms with E-state index < -0.39 is 17.5 Å². The highest BCUT2D eigenvalue weighted by atomic mass is 19.1. The van der Waals surface area contributed by atoms with E-state index in [0.717, 1.165) is 19.4 Å². The number of benzene rings is 2. The van der Waals surface area contributed by atoms with Crippen LogP contribution in [0.2, 0.25) is 0 Å². The van der Waals surface area contributed by atoms with Crippen LogP contribution in [0.25, 0.3) is 11.4 Å². The van der Waals surface area contributed by atoms with Crippen LogP contribution >= 0.6 is 0 Å². The van der Waals surface area contributed by atoms with Gasteiger partial charge < -0.3 is 20.7 Å². The second-order valence-electron chi connectivity index (χ2n) is 7.42. The third-order valence-corrected chi connectivity index (χ3v) is 5.47. The summed E-state index contributed by atoms with van der Waals surface area (Å²) < 4.78 is 33.6. The Morgan fingerprint density at radius 3 is 2.91 bits per heavy atom. The number of ether oxygens (including phenoxy) is 1. The van der Waals surface area contributed by atoms with Gasteiger partial charge in [-0.3, -0.25) is 4.79 Å². The minimum atomic E-state index is -0.573. The number of carbonyl (C=O) groups excluding carboxylic acids is 1. The lowest BCUT2D eigenvalue weighted by Crippen LogP contribution is -2.36. The van der Waals surface area contributed by atoms with E-state index in [1.807, 2.05) is 0 Å². The molecule has 0 bridgehead atoms. The number of halogens is 2. The number of nitrogens with one attached hydrogen (secondary N) is 1. The number of nitrogens with two attached hydrogens (primary N) is 1. The van der Waals surface area contributed by atoms with Gasteiger partial charge in [0.05, 0.1) is 24.0 Å². The Labute approximate surface area is 184 Å². The summed E-state index contributed by atoms with van der Waals surface area (Å²) in [4.78, 5) is 23.4. The molecule has 1 aromatic heterocycles. The van der Waals surface area contributed by atoms with Crippen molar-refractivity contribution < 1.29 is 18.3 Å². The van der Waals surface area contributed by atoms with E-state index in [1.54, 1.807) is 12.1 Å². The number of amides is 1. The number of aromatic nitrogens is 2. The van der Waals surface area contributed by atoms with Gasteiger partial charge in [0, 0.05) is 25.3 Å². The predicted octanol–water partition coefficient (Wildman–Crippen LogP) is 3.61. The van der Waals surface area contributed by atoms with Gasteiger partial charge in [0.25, 0.3) is 5.91 Å². The van der Waals surface area contributed by atoms with E-state index in [9.17, 15) is 13.6 Å². The molecular weight excluding hydrogens is 416 g/mol. The van der Waals surface area contributed by atoms with E-state index in [1.165, 1.54) is 43.6 Å². The quantitative estimate of drug-likeness (QED) is 0.610. The molecule has 1 unspecified atom stereocenters. The highest BCUT2D eigenvalue weighted by Crippen LogP contribution is 2.33. The molecule has 4 rings (SSSR count). The third-order valence-electron chi connectivity index (χ3n) is 5.47. The molecule has 3 aromatic rings. The molecule has 166 valence electrons. The first kappa shape index (κ1) is 21.6. The van der Waals surface area contributed by atoms with Crippen LogP contribution < -0.4 is 20.7 Å². The van der Waals surface area contributed by atoms with Crippen LogP contribution in [-0.4, -0.2) is 42.1 Å². The Morgan fingerprint density at radius 1 is 1.28 bits per heavy atom. The lowest BCUT2D eigenvalue weighted by molar-refractivity contribution is 0.102. The number of hydrogen-bond acceptors (Lipinski definition) is 6. The fourth-order valence-electron chi connectivity index (χ4n) is 3.94. The lowest BCUT2D eigenvalue weighted by atomic mass is 10.1. The minimum absolute atomic E-state index is 0.00677. The summed E-state index contributed by atoms with van der Waals surface area (Å²) in [6, 6.07) is 10.1. The lowest BCUT2D eigenvalue weighted by Gasteiger charge is -2.28. The van der Waals surface area contributed by atoms with Gasteiger partial charge in [0.2, 0.25) is 0 Å². The van der Waals surface area contributed by atoms with Crippen molar-refractivity contribution in [3.63, 3.8) is 0 Å². The van der Waals surface area contributed by atoms with Crippen molar-refractivity contribution in [1.29, 1.82) is 0 Å². The molecule has 0 spiro atoms.